The molecule has 1 aromatic carbocycles. The lowest BCUT2D eigenvalue weighted by molar-refractivity contribution is 0.0244. The smallest absolute Gasteiger partial charge is 0.0949 e. The molecule has 0 saturated carbocycles. The van der Waals surface area contributed by atoms with Gasteiger partial charge < -0.3 is 14.8 Å². The first kappa shape index (κ1) is 15.8. The molecule has 1 saturated heterocycles. The number of nitrogens with one attached hydrogen (secondary N) is 1. The summed E-state index contributed by atoms with van der Waals surface area (Å²) in [4.78, 5) is 0. The fourth-order valence-corrected chi connectivity index (χ4v) is 2.39. The Labute approximate surface area is 126 Å². The van der Waals surface area contributed by atoms with Crippen molar-refractivity contribution in [2.45, 2.75) is 32.4 Å². The van der Waals surface area contributed by atoms with Gasteiger partial charge >= 0.3 is 0 Å². The fourth-order valence-electron chi connectivity index (χ4n) is 2.26. The van der Waals surface area contributed by atoms with E-state index in [0.29, 0.717) is 12.0 Å². The van der Waals surface area contributed by atoms with Crippen molar-refractivity contribution in [1.29, 1.82) is 0 Å². The Morgan fingerprint density at radius 2 is 2.10 bits per heavy atom. The zero-order valence-electron chi connectivity index (χ0n) is 12.3. The van der Waals surface area contributed by atoms with Gasteiger partial charge in [-0.05, 0) is 24.1 Å². The molecule has 0 amide bonds. The second kappa shape index (κ2) is 7.99. The second-order valence-electron chi connectivity index (χ2n) is 5.67. The maximum absolute atomic E-state index is 6.12. The van der Waals surface area contributed by atoms with Gasteiger partial charge in [-0.1, -0.05) is 37.6 Å². The van der Waals surface area contributed by atoms with E-state index < -0.39 is 0 Å². The summed E-state index contributed by atoms with van der Waals surface area (Å²) in [7, 11) is 0. The molecule has 112 valence electrons. The van der Waals surface area contributed by atoms with E-state index in [1.807, 2.05) is 24.3 Å². The molecule has 1 aliphatic rings. The summed E-state index contributed by atoms with van der Waals surface area (Å²) >= 11 is 5.95. The molecule has 0 radical (unpaired) electrons. The van der Waals surface area contributed by atoms with Crippen LogP contribution in [0, 0.1) is 5.92 Å². The Balaban J connectivity index is 1.93. The quantitative estimate of drug-likeness (QED) is 0.836. The Bertz CT molecular complexity index is 388. The summed E-state index contributed by atoms with van der Waals surface area (Å²) in [5.74, 6) is 0.531. The van der Waals surface area contributed by atoms with Crippen LogP contribution >= 0.6 is 11.6 Å². The van der Waals surface area contributed by atoms with E-state index in [1.165, 1.54) is 5.56 Å². The van der Waals surface area contributed by atoms with Crippen LogP contribution in [0.1, 0.15) is 31.9 Å². The average Bonchev–Trinajstić information content (AvgIpc) is 2.93. The van der Waals surface area contributed by atoms with E-state index in [4.69, 9.17) is 21.1 Å². The van der Waals surface area contributed by atoms with E-state index in [2.05, 4.69) is 19.2 Å². The first-order chi connectivity index (χ1) is 9.65. The summed E-state index contributed by atoms with van der Waals surface area (Å²) in [5, 5.41) is 4.20. The number of hydrogen-bond donors (Lipinski definition) is 1. The van der Waals surface area contributed by atoms with Gasteiger partial charge in [0.2, 0.25) is 0 Å². The van der Waals surface area contributed by atoms with Gasteiger partial charge in [-0.25, -0.2) is 0 Å². The lowest BCUT2D eigenvalue weighted by atomic mass is 10.1. The van der Waals surface area contributed by atoms with Crippen molar-refractivity contribution in [2.75, 3.05) is 26.4 Å². The number of hydrogen-bond acceptors (Lipinski definition) is 3. The monoisotopic (exact) mass is 297 g/mol. The number of halogens is 1. The normalized spacial score (nSPS) is 20.5. The van der Waals surface area contributed by atoms with E-state index in [-0.39, 0.29) is 6.10 Å². The van der Waals surface area contributed by atoms with Crippen LogP contribution < -0.4 is 5.32 Å². The van der Waals surface area contributed by atoms with Gasteiger partial charge in [-0.3, -0.25) is 0 Å². The minimum absolute atomic E-state index is 0.0651. The highest BCUT2D eigenvalue weighted by Crippen LogP contribution is 2.22. The summed E-state index contributed by atoms with van der Waals surface area (Å²) in [5.41, 5.74) is 1.17. The predicted molar refractivity (Wildman–Crippen MR) is 82.2 cm³/mol. The molecule has 20 heavy (non-hydrogen) atoms. The molecule has 1 heterocycles. The van der Waals surface area contributed by atoms with Crippen LogP contribution in [-0.2, 0) is 9.47 Å². The standard InChI is InChI=1S/C16H24ClNO2/c1-12(2)18-9-16(14-3-5-15(17)6-4-14)20-11-13-7-8-19-10-13/h3-6,12-13,16,18H,7-11H2,1-2H3. The molecule has 0 spiro atoms. The number of benzene rings is 1. The summed E-state index contributed by atoms with van der Waals surface area (Å²) in [6.07, 6.45) is 1.17. The fraction of sp³-hybridized carbons (Fsp3) is 0.625. The third-order valence-electron chi connectivity index (χ3n) is 3.51. The highest BCUT2D eigenvalue weighted by Gasteiger charge is 2.19. The molecule has 0 bridgehead atoms. The maximum Gasteiger partial charge on any atom is 0.0949 e. The van der Waals surface area contributed by atoms with E-state index >= 15 is 0 Å². The van der Waals surface area contributed by atoms with E-state index in [9.17, 15) is 0 Å². The molecule has 3 nitrogen and oxygen atoms in total. The van der Waals surface area contributed by atoms with Crippen molar-refractivity contribution >= 4 is 11.6 Å². The lowest BCUT2D eigenvalue weighted by Gasteiger charge is -2.22. The first-order valence-corrected chi connectivity index (χ1v) is 7.71. The summed E-state index contributed by atoms with van der Waals surface area (Å²) in [6.45, 7) is 7.54. The molecule has 1 fully saturated rings. The first-order valence-electron chi connectivity index (χ1n) is 7.33. The van der Waals surface area contributed by atoms with Crippen molar-refractivity contribution in [3.63, 3.8) is 0 Å². The Morgan fingerprint density at radius 1 is 1.35 bits per heavy atom. The van der Waals surface area contributed by atoms with Crippen LogP contribution in [-0.4, -0.2) is 32.4 Å². The van der Waals surface area contributed by atoms with Crippen LogP contribution in [0.4, 0.5) is 0 Å². The zero-order chi connectivity index (χ0) is 14.4. The third-order valence-corrected chi connectivity index (χ3v) is 3.76. The van der Waals surface area contributed by atoms with Crippen molar-refractivity contribution < 1.29 is 9.47 Å². The van der Waals surface area contributed by atoms with Crippen molar-refractivity contribution in [1.82, 2.24) is 5.32 Å². The number of rotatable bonds is 7. The molecule has 1 N–H and O–H groups in total. The Hall–Kier alpha value is -0.610. The Kier molecular flexibility index (Phi) is 6.30. The van der Waals surface area contributed by atoms with Gasteiger partial charge in [-0.2, -0.15) is 0 Å². The third kappa shape index (κ3) is 5.06. The molecule has 0 aromatic heterocycles. The minimum Gasteiger partial charge on any atom is -0.381 e. The van der Waals surface area contributed by atoms with Gasteiger partial charge in [0.05, 0.1) is 19.3 Å². The van der Waals surface area contributed by atoms with Gasteiger partial charge in [0.1, 0.15) is 0 Å². The number of ether oxygens (including phenoxy) is 2. The molecule has 2 atom stereocenters. The van der Waals surface area contributed by atoms with Gasteiger partial charge in [0.15, 0.2) is 0 Å². The van der Waals surface area contributed by atoms with Crippen molar-refractivity contribution in [3.05, 3.63) is 34.9 Å². The minimum atomic E-state index is 0.0651. The average molecular weight is 298 g/mol. The topological polar surface area (TPSA) is 30.5 Å². The van der Waals surface area contributed by atoms with Crippen LogP contribution in [0.2, 0.25) is 5.02 Å². The maximum atomic E-state index is 6.12. The molecule has 0 aliphatic carbocycles. The van der Waals surface area contributed by atoms with Gasteiger partial charge in [0, 0.05) is 30.1 Å². The highest BCUT2D eigenvalue weighted by molar-refractivity contribution is 6.30. The van der Waals surface area contributed by atoms with Crippen molar-refractivity contribution in [3.8, 4) is 0 Å². The second-order valence-corrected chi connectivity index (χ2v) is 6.10. The molecule has 2 unspecified atom stereocenters. The van der Waals surface area contributed by atoms with Crippen LogP contribution in [0.25, 0.3) is 0 Å². The van der Waals surface area contributed by atoms with E-state index in [0.717, 1.165) is 37.8 Å². The largest absolute Gasteiger partial charge is 0.381 e. The van der Waals surface area contributed by atoms with Crippen LogP contribution in [0.5, 0.6) is 0 Å². The zero-order valence-corrected chi connectivity index (χ0v) is 13.0. The highest BCUT2D eigenvalue weighted by atomic mass is 35.5. The molecular weight excluding hydrogens is 274 g/mol. The van der Waals surface area contributed by atoms with Gasteiger partial charge in [-0.15, -0.1) is 0 Å². The van der Waals surface area contributed by atoms with Crippen LogP contribution in [0.15, 0.2) is 24.3 Å². The molecule has 4 heteroatoms. The predicted octanol–water partition coefficient (Wildman–Crippen LogP) is 3.43. The summed E-state index contributed by atoms with van der Waals surface area (Å²) in [6, 6.07) is 8.37. The molecular formula is C16H24ClNO2. The molecule has 2 rings (SSSR count). The Morgan fingerprint density at radius 3 is 2.70 bits per heavy atom. The lowest BCUT2D eigenvalue weighted by Crippen LogP contribution is -2.30. The van der Waals surface area contributed by atoms with E-state index in [1.54, 1.807) is 0 Å². The molecule has 1 aliphatic heterocycles. The SMILES string of the molecule is CC(C)NCC(OCC1CCOC1)c1ccc(Cl)cc1. The summed E-state index contributed by atoms with van der Waals surface area (Å²) < 4.78 is 11.5. The molecule has 1 aromatic rings. The van der Waals surface area contributed by atoms with Crippen LogP contribution in [0.3, 0.4) is 0 Å². The van der Waals surface area contributed by atoms with Crippen molar-refractivity contribution in [2.24, 2.45) is 5.92 Å². The van der Waals surface area contributed by atoms with Gasteiger partial charge in [0.25, 0.3) is 0 Å².